The number of anilines is 1. The number of rotatable bonds is 4. The summed E-state index contributed by atoms with van der Waals surface area (Å²) in [6, 6.07) is 6.28. The number of benzene rings is 1. The molecule has 0 aliphatic carbocycles. The van der Waals surface area contributed by atoms with Crippen LogP contribution in [-0.4, -0.2) is 43.0 Å². The smallest absolute Gasteiger partial charge is 0.323 e. The summed E-state index contributed by atoms with van der Waals surface area (Å²) < 4.78 is 4.75. The van der Waals surface area contributed by atoms with Crippen molar-refractivity contribution < 1.29 is 14.3 Å². The molecule has 1 saturated heterocycles. The van der Waals surface area contributed by atoms with Gasteiger partial charge in [-0.15, -0.1) is 0 Å². The van der Waals surface area contributed by atoms with Gasteiger partial charge in [0.1, 0.15) is 12.1 Å². The molecule has 1 aliphatic rings. The normalized spacial score (nSPS) is 17.8. The van der Waals surface area contributed by atoms with Gasteiger partial charge in [0.05, 0.1) is 24.2 Å². The minimum atomic E-state index is -0.361. The van der Waals surface area contributed by atoms with Crippen molar-refractivity contribution in [2.24, 2.45) is 0 Å². The molecule has 1 fully saturated rings. The van der Waals surface area contributed by atoms with Crippen molar-refractivity contribution in [3.8, 4) is 6.07 Å². The van der Waals surface area contributed by atoms with E-state index in [1.807, 2.05) is 6.07 Å². The van der Waals surface area contributed by atoms with E-state index in [0.717, 1.165) is 6.42 Å². The summed E-state index contributed by atoms with van der Waals surface area (Å²) in [5, 5.41) is 11.8. The zero-order chi connectivity index (χ0) is 16.1. The van der Waals surface area contributed by atoms with Gasteiger partial charge < -0.3 is 10.1 Å². The quantitative estimate of drug-likeness (QED) is 0.855. The maximum absolute atomic E-state index is 12.1. The summed E-state index contributed by atoms with van der Waals surface area (Å²) in [6.45, 7) is 0.790. The second kappa shape index (κ2) is 7.25. The van der Waals surface area contributed by atoms with Gasteiger partial charge in [0.15, 0.2) is 0 Å². The van der Waals surface area contributed by atoms with Gasteiger partial charge in [0, 0.05) is 5.69 Å². The highest BCUT2D eigenvalue weighted by Crippen LogP contribution is 2.21. The maximum atomic E-state index is 12.1. The molecule has 116 valence electrons. The second-order valence-electron chi connectivity index (χ2n) is 5.01. The van der Waals surface area contributed by atoms with Crippen LogP contribution in [0.15, 0.2) is 18.2 Å². The molecule has 2 rings (SSSR count). The largest absolute Gasteiger partial charge is 0.468 e. The average molecular weight is 322 g/mol. The number of halogens is 1. The van der Waals surface area contributed by atoms with Gasteiger partial charge in [0.2, 0.25) is 5.91 Å². The predicted molar refractivity (Wildman–Crippen MR) is 81.4 cm³/mol. The maximum Gasteiger partial charge on any atom is 0.323 e. The van der Waals surface area contributed by atoms with Crippen molar-refractivity contribution in [1.82, 2.24) is 4.90 Å². The van der Waals surface area contributed by atoms with Crippen molar-refractivity contribution in [3.05, 3.63) is 28.8 Å². The first kappa shape index (κ1) is 16.3. The number of carbonyl (C=O) groups is 2. The first-order valence-electron chi connectivity index (χ1n) is 6.86. The highest BCUT2D eigenvalue weighted by atomic mass is 35.5. The number of esters is 1. The Morgan fingerprint density at radius 1 is 1.55 bits per heavy atom. The lowest BCUT2D eigenvalue weighted by Gasteiger charge is -2.21. The molecular formula is C15H16ClN3O3. The molecule has 0 aromatic heterocycles. The number of nitrogens with zero attached hydrogens (tertiary/aromatic N) is 2. The number of nitrogens with one attached hydrogen (secondary N) is 1. The Morgan fingerprint density at radius 3 is 2.95 bits per heavy atom. The summed E-state index contributed by atoms with van der Waals surface area (Å²) in [4.78, 5) is 25.5. The number of methoxy groups -OCH3 is 1. The third kappa shape index (κ3) is 3.75. The Labute approximate surface area is 133 Å². The zero-order valence-electron chi connectivity index (χ0n) is 12.1. The van der Waals surface area contributed by atoms with Gasteiger partial charge in [-0.05, 0) is 37.6 Å². The SMILES string of the molecule is COC(=O)C1CCCN1CC(=O)Nc1ccc(C#N)c(Cl)c1. The number of ether oxygens (including phenoxy) is 1. The molecule has 1 amide bonds. The number of hydrogen-bond donors (Lipinski definition) is 1. The molecule has 1 unspecified atom stereocenters. The van der Waals surface area contributed by atoms with Crippen molar-refractivity contribution >= 4 is 29.2 Å². The molecule has 0 spiro atoms. The van der Waals surface area contributed by atoms with Gasteiger partial charge in [-0.25, -0.2) is 0 Å². The molecule has 7 heteroatoms. The fourth-order valence-electron chi connectivity index (χ4n) is 2.49. The van der Waals surface area contributed by atoms with Crippen molar-refractivity contribution in [2.45, 2.75) is 18.9 Å². The Bertz CT molecular complexity index is 627. The number of hydrogen-bond acceptors (Lipinski definition) is 5. The van der Waals surface area contributed by atoms with E-state index in [1.54, 1.807) is 17.0 Å². The van der Waals surface area contributed by atoms with Crippen LogP contribution in [0.1, 0.15) is 18.4 Å². The van der Waals surface area contributed by atoms with Crippen LogP contribution in [0.5, 0.6) is 0 Å². The molecule has 0 bridgehead atoms. The Hall–Kier alpha value is -2.10. The fraction of sp³-hybridized carbons (Fsp3) is 0.400. The summed E-state index contributed by atoms with van der Waals surface area (Å²) >= 11 is 5.92. The molecule has 0 radical (unpaired) electrons. The number of carbonyl (C=O) groups excluding carboxylic acids is 2. The highest BCUT2D eigenvalue weighted by Gasteiger charge is 2.32. The monoisotopic (exact) mass is 321 g/mol. The van der Waals surface area contributed by atoms with Crippen LogP contribution in [0.3, 0.4) is 0 Å². The minimum absolute atomic E-state index is 0.109. The Morgan fingerprint density at radius 2 is 2.32 bits per heavy atom. The van der Waals surface area contributed by atoms with E-state index in [9.17, 15) is 9.59 Å². The standard InChI is InChI=1S/C15H16ClN3O3/c1-22-15(21)13-3-2-6-19(13)9-14(20)18-11-5-4-10(8-17)12(16)7-11/h4-5,7,13H,2-3,6,9H2,1H3,(H,18,20). The van der Waals surface area contributed by atoms with E-state index in [0.29, 0.717) is 24.2 Å². The highest BCUT2D eigenvalue weighted by molar-refractivity contribution is 6.32. The van der Waals surface area contributed by atoms with Crippen molar-refractivity contribution in [2.75, 3.05) is 25.5 Å². The molecule has 1 aliphatic heterocycles. The molecular weight excluding hydrogens is 306 g/mol. The van der Waals surface area contributed by atoms with Crippen LogP contribution >= 0.6 is 11.6 Å². The summed E-state index contributed by atoms with van der Waals surface area (Å²) in [6.07, 6.45) is 1.55. The number of nitriles is 1. The van der Waals surface area contributed by atoms with Crippen molar-refractivity contribution in [1.29, 1.82) is 5.26 Å². The Kier molecular flexibility index (Phi) is 5.36. The molecule has 0 saturated carbocycles. The number of amides is 1. The van der Waals surface area contributed by atoms with Crippen LogP contribution < -0.4 is 5.32 Å². The van der Waals surface area contributed by atoms with Gasteiger partial charge >= 0.3 is 5.97 Å². The Balaban J connectivity index is 1.97. The summed E-state index contributed by atoms with van der Waals surface area (Å²) in [5.74, 6) is -0.553. The minimum Gasteiger partial charge on any atom is -0.468 e. The lowest BCUT2D eigenvalue weighted by atomic mass is 10.2. The van der Waals surface area contributed by atoms with E-state index in [1.165, 1.54) is 13.2 Å². The zero-order valence-corrected chi connectivity index (χ0v) is 12.9. The molecule has 1 atom stereocenters. The first-order chi connectivity index (χ1) is 10.5. The van der Waals surface area contributed by atoms with E-state index in [-0.39, 0.29) is 29.5 Å². The van der Waals surface area contributed by atoms with Gasteiger partial charge in [-0.1, -0.05) is 11.6 Å². The van der Waals surface area contributed by atoms with Crippen LogP contribution in [-0.2, 0) is 14.3 Å². The van der Waals surface area contributed by atoms with Crippen LogP contribution in [0.2, 0.25) is 5.02 Å². The van der Waals surface area contributed by atoms with E-state index in [4.69, 9.17) is 21.6 Å². The summed E-state index contributed by atoms with van der Waals surface area (Å²) in [7, 11) is 1.34. The van der Waals surface area contributed by atoms with Gasteiger partial charge in [0.25, 0.3) is 0 Å². The topological polar surface area (TPSA) is 82.4 Å². The van der Waals surface area contributed by atoms with Gasteiger partial charge in [-0.2, -0.15) is 5.26 Å². The second-order valence-corrected chi connectivity index (χ2v) is 5.41. The van der Waals surface area contributed by atoms with Crippen LogP contribution in [0.4, 0.5) is 5.69 Å². The predicted octanol–water partition coefficient (Wildman–Crippen LogP) is 1.79. The molecule has 1 aromatic rings. The molecule has 6 nitrogen and oxygen atoms in total. The van der Waals surface area contributed by atoms with E-state index >= 15 is 0 Å². The van der Waals surface area contributed by atoms with E-state index < -0.39 is 0 Å². The summed E-state index contributed by atoms with van der Waals surface area (Å²) in [5.41, 5.74) is 0.868. The molecule has 22 heavy (non-hydrogen) atoms. The van der Waals surface area contributed by atoms with Gasteiger partial charge in [-0.3, -0.25) is 14.5 Å². The first-order valence-corrected chi connectivity index (χ1v) is 7.24. The molecule has 1 heterocycles. The molecule has 1 aromatic carbocycles. The third-order valence-corrected chi connectivity index (χ3v) is 3.87. The third-order valence-electron chi connectivity index (χ3n) is 3.56. The number of likely N-dealkylation sites (tertiary alicyclic amines) is 1. The lowest BCUT2D eigenvalue weighted by Crippen LogP contribution is -2.41. The average Bonchev–Trinajstić information content (AvgIpc) is 2.94. The molecule has 1 N–H and O–H groups in total. The lowest BCUT2D eigenvalue weighted by molar-refractivity contribution is -0.146. The van der Waals surface area contributed by atoms with Crippen LogP contribution in [0, 0.1) is 11.3 Å². The van der Waals surface area contributed by atoms with Crippen LogP contribution in [0.25, 0.3) is 0 Å². The van der Waals surface area contributed by atoms with Crippen molar-refractivity contribution in [3.63, 3.8) is 0 Å². The fourth-order valence-corrected chi connectivity index (χ4v) is 2.71. The van der Waals surface area contributed by atoms with E-state index in [2.05, 4.69) is 5.32 Å².